The first-order chi connectivity index (χ1) is 12.7. The summed E-state index contributed by atoms with van der Waals surface area (Å²) < 4.78 is 1.08. The molecule has 138 valence electrons. The molecular formula is C19H25N5OS. The molecular weight excluding hydrogens is 346 g/mol. The number of phenolic OH excluding ortho intramolecular Hbond substituents is 1. The van der Waals surface area contributed by atoms with E-state index in [1.807, 2.05) is 29.8 Å². The van der Waals surface area contributed by atoms with Crippen molar-refractivity contribution in [2.75, 3.05) is 26.7 Å². The molecule has 7 heteroatoms. The van der Waals surface area contributed by atoms with E-state index in [0.717, 1.165) is 47.5 Å². The fourth-order valence-corrected chi connectivity index (χ4v) is 4.54. The third kappa shape index (κ3) is 3.29. The highest BCUT2D eigenvalue weighted by molar-refractivity contribution is 7.17. The second-order valence-electron chi connectivity index (χ2n) is 7.02. The lowest BCUT2D eigenvalue weighted by Gasteiger charge is -2.33. The monoisotopic (exact) mass is 371 g/mol. The van der Waals surface area contributed by atoms with Gasteiger partial charge < -0.3 is 20.2 Å². The fraction of sp³-hybridized carbons (Fsp3) is 0.474. The lowest BCUT2D eigenvalue weighted by atomic mass is 10.1. The van der Waals surface area contributed by atoms with Gasteiger partial charge >= 0.3 is 0 Å². The standard InChI is InChI=1S/C19H25N5OS/c1-3-24-12-17(20-13-5-4-9-23(2)11-13)21-22-19(24)15-6-7-16-14(18(15)25)8-10-26-16/h6-8,10,12-13,19-20,25H,3-5,9,11H2,1-2H3/t13?,19-/m0/s1. The van der Waals surface area contributed by atoms with E-state index in [-0.39, 0.29) is 6.17 Å². The Bertz CT molecular complexity index is 846. The number of aromatic hydroxyl groups is 1. The zero-order valence-corrected chi connectivity index (χ0v) is 16.0. The number of piperidine rings is 1. The molecule has 1 unspecified atom stereocenters. The SMILES string of the molecule is CCN1C=C(NC2CCCN(C)C2)N=N[C@@H]1c1ccc2sccc2c1O. The van der Waals surface area contributed by atoms with Crippen LogP contribution in [0.3, 0.4) is 0 Å². The minimum absolute atomic E-state index is 0.288. The van der Waals surface area contributed by atoms with Gasteiger partial charge in [0.05, 0.1) is 0 Å². The van der Waals surface area contributed by atoms with Crippen molar-refractivity contribution >= 4 is 21.4 Å². The number of rotatable bonds is 4. The first kappa shape index (κ1) is 17.3. The molecule has 2 N–H and O–H groups in total. The Morgan fingerprint density at radius 2 is 2.23 bits per heavy atom. The van der Waals surface area contributed by atoms with E-state index >= 15 is 0 Å². The summed E-state index contributed by atoms with van der Waals surface area (Å²) >= 11 is 1.63. The van der Waals surface area contributed by atoms with Crippen LogP contribution < -0.4 is 5.32 Å². The number of fused-ring (bicyclic) bond motifs is 1. The molecule has 1 fully saturated rings. The number of azo groups is 1. The molecule has 0 aliphatic carbocycles. The summed E-state index contributed by atoms with van der Waals surface area (Å²) in [7, 11) is 2.16. The fourth-order valence-electron chi connectivity index (χ4n) is 3.76. The predicted octanol–water partition coefficient (Wildman–Crippen LogP) is 3.88. The Morgan fingerprint density at radius 3 is 3.04 bits per heavy atom. The molecule has 0 spiro atoms. The van der Waals surface area contributed by atoms with E-state index in [1.165, 1.54) is 6.42 Å². The summed E-state index contributed by atoms with van der Waals surface area (Å²) in [6.07, 6.45) is 4.10. The minimum atomic E-state index is -0.288. The molecule has 1 aromatic carbocycles. The lowest BCUT2D eigenvalue weighted by molar-refractivity contribution is 0.227. The van der Waals surface area contributed by atoms with E-state index in [0.29, 0.717) is 11.8 Å². The van der Waals surface area contributed by atoms with Crippen LogP contribution in [0, 0.1) is 0 Å². The maximum atomic E-state index is 10.7. The second-order valence-corrected chi connectivity index (χ2v) is 7.96. The quantitative estimate of drug-likeness (QED) is 0.856. The van der Waals surface area contributed by atoms with Crippen LogP contribution in [-0.4, -0.2) is 47.6 Å². The van der Waals surface area contributed by atoms with Gasteiger partial charge in [0, 0.05) is 41.0 Å². The second kappa shape index (κ2) is 7.25. The number of benzene rings is 1. The van der Waals surface area contributed by atoms with Gasteiger partial charge in [-0.1, -0.05) is 0 Å². The summed E-state index contributed by atoms with van der Waals surface area (Å²) in [5, 5.41) is 26.0. The van der Waals surface area contributed by atoms with Crippen LogP contribution in [0.4, 0.5) is 0 Å². The minimum Gasteiger partial charge on any atom is -0.507 e. The topological polar surface area (TPSA) is 63.5 Å². The predicted molar refractivity (Wildman–Crippen MR) is 105 cm³/mol. The Kier molecular flexibility index (Phi) is 4.82. The van der Waals surface area contributed by atoms with Crippen LogP contribution in [0.15, 0.2) is 45.8 Å². The van der Waals surface area contributed by atoms with Crippen LogP contribution in [0.1, 0.15) is 31.5 Å². The molecule has 0 saturated carbocycles. The zero-order chi connectivity index (χ0) is 18.1. The molecule has 2 aromatic rings. The van der Waals surface area contributed by atoms with Crippen molar-refractivity contribution in [3.8, 4) is 5.75 Å². The molecule has 2 atom stereocenters. The number of hydrogen-bond donors (Lipinski definition) is 2. The van der Waals surface area contributed by atoms with Gasteiger partial charge in [-0.2, -0.15) is 5.11 Å². The van der Waals surface area contributed by atoms with Gasteiger partial charge in [-0.05, 0) is 56.9 Å². The van der Waals surface area contributed by atoms with Gasteiger partial charge in [0.2, 0.25) is 0 Å². The molecule has 3 heterocycles. The van der Waals surface area contributed by atoms with Gasteiger partial charge in [0.25, 0.3) is 0 Å². The number of thiophene rings is 1. The molecule has 1 aromatic heterocycles. The van der Waals surface area contributed by atoms with E-state index in [1.54, 1.807) is 11.3 Å². The average molecular weight is 372 g/mol. The van der Waals surface area contributed by atoms with Crippen LogP contribution in [0.5, 0.6) is 5.75 Å². The van der Waals surface area contributed by atoms with Crippen molar-refractivity contribution < 1.29 is 5.11 Å². The summed E-state index contributed by atoms with van der Waals surface area (Å²) in [5.41, 5.74) is 0.800. The first-order valence-corrected chi connectivity index (χ1v) is 10.1. The first-order valence-electron chi connectivity index (χ1n) is 9.18. The van der Waals surface area contributed by atoms with Crippen molar-refractivity contribution in [3.63, 3.8) is 0 Å². The maximum Gasteiger partial charge on any atom is 0.171 e. The number of nitrogens with zero attached hydrogens (tertiary/aromatic N) is 4. The van der Waals surface area contributed by atoms with Crippen LogP contribution >= 0.6 is 11.3 Å². The molecule has 4 rings (SSSR count). The van der Waals surface area contributed by atoms with E-state index < -0.39 is 0 Å². The van der Waals surface area contributed by atoms with Crippen molar-refractivity contribution in [2.45, 2.75) is 32.0 Å². The molecule has 26 heavy (non-hydrogen) atoms. The van der Waals surface area contributed by atoms with Gasteiger partial charge in [-0.15, -0.1) is 16.5 Å². The molecule has 0 amide bonds. The number of phenols is 1. The molecule has 6 nitrogen and oxygen atoms in total. The van der Waals surface area contributed by atoms with Crippen molar-refractivity contribution in [1.29, 1.82) is 0 Å². The van der Waals surface area contributed by atoms with Crippen LogP contribution in [0.25, 0.3) is 10.1 Å². The molecule has 1 saturated heterocycles. The molecule has 0 radical (unpaired) electrons. The van der Waals surface area contributed by atoms with Crippen molar-refractivity contribution in [3.05, 3.63) is 41.2 Å². The van der Waals surface area contributed by atoms with Crippen molar-refractivity contribution in [2.24, 2.45) is 10.2 Å². The highest BCUT2D eigenvalue weighted by Gasteiger charge is 2.26. The number of hydrogen-bond acceptors (Lipinski definition) is 7. The number of likely N-dealkylation sites (N-methyl/N-ethyl adjacent to an activating group) is 1. The molecule has 2 aliphatic heterocycles. The maximum absolute atomic E-state index is 10.7. The zero-order valence-electron chi connectivity index (χ0n) is 15.2. The number of likely N-dealkylation sites (tertiary alicyclic amines) is 1. The Hall–Kier alpha value is -2.12. The summed E-state index contributed by atoms with van der Waals surface area (Å²) in [6, 6.07) is 6.37. The van der Waals surface area contributed by atoms with E-state index in [9.17, 15) is 5.11 Å². The van der Waals surface area contributed by atoms with Crippen LogP contribution in [-0.2, 0) is 0 Å². The summed E-state index contributed by atoms with van der Waals surface area (Å²) in [4.78, 5) is 4.46. The highest BCUT2D eigenvalue weighted by atomic mass is 32.1. The molecule has 2 aliphatic rings. The third-order valence-corrected chi connectivity index (χ3v) is 6.02. The summed E-state index contributed by atoms with van der Waals surface area (Å²) in [6.45, 7) is 5.07. The van der Waals surface area contributed by atoms with Gasteiger partial charge in [0.15, 0.2) is 12.0 Å². The largest absolute Gasteiger partial charge is 0.507 e. The normalized spacial score (nSPS) is 24.1. The molecule has 0 bridgehead atoms. The lowest BCUT2D eigenvalue weighted by Crippen LogP contribution is -2.44. The van der Waals surface area contributed by atoms with E-state index in [4.69, 9.17) is 0 Å². The Labute approximate surface area is 157 Å². The third-order valence-electron chi connectivity index (χ3n) is 5.13. The summed E-state index contributed by atoms with van der Waals surface area (Å²) in [5.74, 6) is 1.12. The van der Waals surface area contributed by atoms with Gasteiger partial charge in [-0.25, -0.2) is 0 Å². The smallest absolute Gasteiger partial charge is 0.171 e. The average Bonchev–Trinajstić information content (AvgIpc) is 3.12. The van der Waals surface area contributed by atoms with Gasteiger partial charge in [-0.3, -0.25) is 0 Å². The van der Waals surface area contributed by atoms with Crippen molar-refractivity contribution in [1.82, 2.24) is 15.1 Å². The van der Waals surface area contributed by atoms with Crippen LogP contribution in [0.2, 0.25) is 0 Å². The Morgan fingerprint density at radius 1 is 1.35 bits per heavy atom. The van der Waals surface area contributed by atoms with Gasteiger partial charge in [0.1, 0.15) is 5.75 Å². The Balaban J connectivity index is 1.55. The number of nitrogens with one attached hydrogen (secondary N) is 1. The highest BCUT2D eigenvalue weighted by Crippen LogP contribution is 2.39. The van der Waals surface area contributed by atoms with E-state index in [2.05, 4.69) is 39.3 Å².